The zero-order chi connectivity index (χ0) is 19.7. The van der Waals surface area contributed by atoms with Gasteiger partial charge >= 0.3 is 0 Å². The van der Waals surface area contributed by atoms with Crippen LogP contribution in [0.4, 0.5) is 0 Å². The van der Waals surface area contributed by atoms with Gasteiger partial charge in [-0.1, -0.05) is 23.2 Å². The first-order chi connectivity index (χ1) is 13.5. The average Bonchev–Trinajstić information content (AvgIpc) is 3.17. The molecule has 1 saturated heterocycles. The summed E-state index contributed by atoms with van der Waals surface area (Å²) >= 11 is 12.0. The number of nitrogens with zero attached hydrogens (tertiary/aromatic N) is 1. The third-order valence-electron chi connectivity index (χ3n) is 4.91. The van der Waals surface area contributed by atoms with Gasteiger partial charge in [-0.05, 0) is 49.2 Å². The van der Waals surface area contributed by atoms with Crippen LogP contribution in [0.2, 0.25) is 10.0 Å². The Morgan fingerprint density at radius 3 is 2.54 bits per heavy atom. The standard InChI is InChI=1S/C20H18Cl2N2O4/c21-13-2-3-16(22)15(10-13)19(25)23-14-5-7-24(8-6-14)20(26)12-1-4-17-18(9-12)28-11-27-17/h1-4,9-10,14H,5-8,11H2,(H,23,25). The van der Waals surface area contributed by atoms with Crippen molar-refractivity contribution in [1.29, 1.82) is 0 Å². The van der Waals surface area contributed by atoms with Gasteiger partial charge < -0.3 is 19.7 Å². The van der Waals surface area contributed by atoms with Gasteiger partial charge in [0.2, 0.25) is 6.79 Å². The fourth-order valence-electron chi connectivity index (χ4n) is 3.37. The normalized spacial score (nSPS) is 16.1. The maximum atomic E-state index is 12.7. The van der Waals surface area contributed by atoms with E-state index in [2.05, 4.69) is 5.32 Å². The smallest absolute Gasteiger partial charge is 0.253 e. The molecule has 2 aliphatic heterocycles. The molecule has 0 bridgehead atoms. The number of hydrogen-bond acceptors (Lipinski definition) is 4. The summed E-state index contributed by atoms with van der Waals surface area (Å²) in [5, 5.41) is 3.80. The van der Waals surface area contributed by atoms with Gasteiger partial charge in [-0.3, -0.25) is 9.59 Å². The number of ether oxygens (including phenoxy) is 2. The van der Waals surface area contributed by atoms with Crippen LogP contribution < -0.4 is 14.8 Å². The number of likely N-dealkylation sites (tertiary alicyclic amines) is 1. The van der Waals surface area contributed by atoms with E-state index in [9.17, 15) is 9.59 Å². The van der Waals surface area contributed by atoms with Crippen molar-refractivity contribution in [2.45, 2.75) is 18.9 Å². The number of piperidine rings is 1. The summed E-state index contributed by atoms with van der Waals surface area (Å²) in [6, 6.07) is 9.97. The highest BCUT2D eigenvalue weighted by Gasteiger charge is 2.26. The number of rotatable bonds is 3. The van der Waals surface area contributed by atoms with Gasteiger partial charge in [-0.25, -0.2) is 0 Å². The van der Waals surface area contributed by atoms with E-state index in [4.69, 9.17) is 32.7 Å². The molecule has 0 spiro atoms. The lowest BCUT2D eigenvalue weighted by atomic mass is 10.0. The summed E-state index contributed by atoms with van der Waals surface area (Å²) in [5.74, 6) is 0.929. The molecule has 1 N–H and O–H groups in total. The Balaban J connectivity index is 1.35. The number of fused-ring (bicyclic) bond motifs is 1. The minimum Gasteiger partial charge on any atom is -0.454 e. The van der Waals surface area contributed by atoms with E-state index >= 15 is 0 Å². The highest BCUT2D eigenvalue weighted by atomic mass is 35.5. The second kappa shape index (κ2) is 7.89. The van der Waals surface area contributed by atoms with Crippen molar-refractivity contribution in [3.63, 3.8) is 0 Å². The molecule has 146 valence electrons. The summed E-state index contributed by atoms with van der Waals surface area (Å²) in [4.78, 5) is 27.0. The van der Waals surface area contributed by atoms with Gasteiger partial charge in [0.05, 0.1) is 10.6 Å². The van der Waals surface area contributed by atoms with Crippen LogP contribution in [0.1, 0.15) is 33.6 Å². The van der Waals surface area contributed by atoms with Gasteiger partial charge in [0.25, 0.3) is 11.8 Å². The molecule has 2 heterocycles. The van der Waals surface area contributed by atoms with Crippen LogP contribution in [0.5, 0.6) is 11.5 Å². The highest BCUT2D eigenvalue weighted by molar-refractivity contribution is 6.35. The first-order valence-electron chi connectivity index (χ1n) is 8.96. The van der Waals surface area contributed by atoms with Crippen molar-refractivity contribution < 1.29 is 19.1 Å². The second-order valence-corrected chi connectivity index (χ2v) is 7.58. The molecule has 1 fully saturated rings. The van der Waals surface area contributed by atoms with Gasteiger partial charge in [0.15, 0.2) is 11.5 Å². The molecule has 0 aliphatic carbocycles. The highest BCUT2D eigenvalue weighted by Crippen LogP contribution is 2.33. The minimum absolute atomic E-state index is 0.0247. The van der Waals surface area contributed by atoms with E-state index in [1.165, 1.54) is 0 Å². The topological polar surface area (TPSA) is 67.9 Å². The Labute approximate surface area is 172 Å². The largest absolute Gasteiger partial charge is 0.454 e. The monoisotopic (exact) mass is 420 g/mol. The zero-order valence-electron chi connectivity index (χ0n) is 14.9. The number of carbonyl (C=O) groups excluding carboxylic acids is 2. The van der Waals surface area contributed by atoms with Crippen LogP contribution >= 0.6 is 23.2 Å². The molecular weight excluding hydrogens is 403 g/mol. The first-order valence-corrected chi connectivity index (χ1v) is 9.72. The molecule has 0 saturated carbocycles. The molecular formula is C20H18Cl2N2O4. The van der Waals surface area contributed by atoms with E-state index in [1.807, 2.05) is 0 Å². The second-order valence-electron chi connectivity index (χ2n) is 6.73. The van der Waals surface area contributed by atoms with Crippen LogP contribution in [-0.2, 0) is 0 Å². The molecule has 2 amide bonds. The molecule has 2 aromatic carbocycles. The fourth-order valence-corrected chi connectivity index (χ4v) is 3.75. The molecule has 4 rings (SSSR count). The molecule has 8 heteroatoms. The van der Waals surface area contributed by atoms with Gasteiger partial charge in [-0.15, -0.1) is 0 Å². The Morgan fingerprint density at radius 2 is 1.75 bits per heavy atom. The summed E-state index contributed by atoms with van der Waals surface area (Å²) in [6.45, 7) is 1.29. The number of nitrogens with one attached hydrogen (secondary N) is 1. The third-order valence-corrected chi connectivity index (χ3v) is 5.47. The molecule has 2 aliphatic rings. The summed E-state index contributed by atoms with van der Waals surface area (Å²) in [6.07, 6.45) is 1.33. The van der Waals surface area contributed by atoms with Crippen molar-refractivity contribution in [3.8, 4) is 11.5 Å². The van der Waals surface area contributed by atoms with Crippen LogP contribution in [0.25, 0.3) is 0 Å². The van der Waals surface area contributed by atoms with E-state index in [0.717, 1.165) is 0 Å². The quantitative estimate of drug-likeness (QED) is 0.820. The predicted octanol–water partition coefficient (Wildman–Crippen LogP) is 3.76. The van der Waals surface area contributed by atoms with Crippen molar-refractivity contribution >= 4 is 35.0 Å². The Hall–Kier alpha value is -2.44. The maximum Gasteiger partial charge on any atom is 0.253 e. The Bertz CT molecular complexity index is 926. The first kappa shape index (κ1) is 18.9. The Kier molecular flexibility index (Phi) is 5.33. The number of hydrogen-bond donors (Lipinski definition) is 1. The molecule has 2 aromatic rings. The van der Waals surface area contributed by atoms with Crippen molar-refractivity contribution in [2.75, 3.05) is 19.9 Å². The Morgan fingerprint density at radius 1 is 1.00 bits per heavy atom. The lowest BCUT2D eigenvalue weighted by Crippen LogP contribution is -2.46. The maximum absolute atomic E-state index is 12.7. The van der Waals surface area contributed by atoms with Crippen LogP contribution in [-0.4, -0.2) is 42.6 Å². The summed E-state index contributed by atoms with van der Waals surface area (Å²) in [5.41, 5.74) is 0.922. The zero-order valence-corrected chi connectivity index (χ0v) is 16.4. The van der Waals surface area contributed by atoms with Crippen molar-refractivity contribution in [1.82, 2.24) is 10.2 Å². The van der Waals surface area contributed by atoms with Crippen molar-refractivity contribution in [3.05, 3.63) is 57.6 Å². The minimum atomic E-state index is -0.256. The van der Waals surface area contributed by atoms with Gasteiger partial charge in [-0.2, -0.15) is 0 Å². The number of benzene rings is 2. The molecule has 0 unspecified atom stereocenters. The lowest BCUT2D eigenvalue weighted by molar-refractivity contribution is 0.0697. The lowest BCUT2D eigenvalue weighted by Gasteiger charge is -2.32. The number of amides is 2. The summed E-state index contributed by atoms with van der Waals surface area (Å²) in [7, 11) is 0. The van der Waals surface area contributed by atoms with Crippen LogP contribution in [0.3, 0.4) is 0 Å². The molecule has 28 heavy (non-hydrogen) atoms. The molecule has 0 atom stereocenters. The van der Waals surface area contributed by atoms with E-state index in [-0.39, 0.29) is 24.6 Å². The third kappa shape index (κ3) is 3.88. The average molecular weight is 421 g/mol. The molecule has 0 radical (unpaired) electrons. The fraction of sp³-hybridized carbons (Fsp3) is 0.300. The number of carbonyl (C=O) groups is 2. The van der Waals surface area contributed by atoms with Gasteiger partial charge in [0, 0.05) is 29.7 Å². The van der Waals surface area contributed by atoms with E-state index in [1.54, 1.807) is 41.3 Å². The van der Waals surface area contributed by atoms with Crippen LogP contribution in [0.15, 0.2) is 36.4 Å². The van der Waals surface area contributed by atoms with Gasteiger partial charge in [0.1, 0.15) is 0 Å². The van der Waals surface area contributed by atoms with E-state index < -0.39 is 0 Å². The summed E-state index contributed by atoms with van der Waals surface area (Å²) < 4.78 is 10.6. The van der Waals surface area contributed by atoms with Crippen molar-refractivity contribution in [2.24, 2.45) is 0 Å². The van der Waals surface area contributed by atoms with E-state index in [0.29, 0.717) is 58.6 Å². The molecule has 0 aromatic heterocycles. The predicted molar refractivity (Wildman–Crippen MR) is 105 cm³/mol. The SMILES string of the molecule is O=C(NC1CCN(C(=O)c2ccc3c(c2)OCO3)CC1)c1cc(Cl)ccc1Cl. The molecule has 6 nitrogen and oxygen atoms in total. The van der Waals surface area contributed by atoms with Crippen LogP contribution in [0, 0.1) is 0 Å². The number of halogens is 2.